The molecule has 1 aromatic heterocycles. The zero-order valence-corrected chi connectivity index (χ0v) is 7.19. The van der Waals surface area contributed by atoms with Gasteiger partial charge in [-0.05, 0) is 18.8 Å². The van der Waals surface area contributed by atoms with E-state index in [1.54, 1.807) is 6.20 Å². The van der Waals surface area contributed by atoms with E-state index in [-0.39, 0.29) is 12.3 Å². The molecule has 1 heterocycles. The first-order valence-electron chi connectivity index (χ1n) is 4.42. The predicted octanol–water partition coefficient (Wildman–Crippen LogP) is 1.57. The number of nitrogens with zero attached hydrogens (tertiary/aromatic N) is 1. The lowest BCUT2D eigenvalue weighted by molar-refractivity contribution is -0.137. The van der Waals surface area contributed by atoms with Crippen molar-refractivity contribution in [2.45, 2.75) is 31.6 Å². The molecule has 4 heteroatoms. The lowest BCUT2D eigenvalue weighted by Gasteiger charge is -2.18. The van der Waals surface area contributed by atoms with Gasteiger partial charge in [0.15, 0.2) is 0 Å². The highest BCUT2D eigenvalue weighted by Gasteiger charge is 2.25. The Morgan fingerprint density at radius 1 is 1.77 bits per heavy atom. The first-order valence-corrected chi connectivity index (χ1v) is 4.42. The van der Waals surface area contributed by atoms with Gasteiger partial charge in [-0.3, -0.25) is 4.79 Å². The molecule has 2 rings (SSSR count). The van der Waals surface area contributed by atoms with Crippen molar-refractivity contribution in [2.75, 3.05) is 0 Å². The van der Waals surface area contributed by atoms with E-state index in [9.17, 15) is 4.79 Å². The summed E-state index contributed by atoms with van der Waals surface area (Å²) >= 11 is 0. The second kappa shape index (κ2) is 3.20. The minimum absolute atomic E-state index is 0.104. The number of fused-ring (bicyclic) bond motifs is 1. The van der Waals surface area contributed by atoms with Gasteiger partial charge in [-0.2, -0.15) is 0 Å². The maximum atomic E-state index is 10.5. The van der Waals surface area contributed by atoms with Gasteiger partial charge in [0.1, 0.15) is 5.76 Å². The standard InChI is InChI=1S/C9H11NO3/c11-9(12)4-6-2-1-3-8-7(6)5-10-13-8/h5-6H,1-4H2,(H,11,12). The van der Waals surface area contributed by atoms with E-state index in [1.807, 2.05) is 0 Å². The van der Waals surface area contributed by atoms with E-state index >= 15 is 0 Å². The third-order valence-corrected chi connectivity index (χ3v) is 2.49. The first kappa shape index (κ1) is 8.29. The Bertz CT molecular complexity index is 318. The van der Waals surface area contributed by atoms with E-state index in [4.69, 9.17) is 9.63 Å². The van der Waals surface area contributed by atoms with Crippen LogP contribution in [-0.4, -0.2) is 16.2 Å². The molecule has 1 aromatic rings. The van der Waals surface area contributed by atoms with Crippen LogP contribution < -0.4 is 0 Å². The summed E-state index contributed by atoms with van der Waals surface area (Å²) in [7, 11) is 0. The quantitative estimate of drug-likeness (QED) is 0.752. The number of carboxylic acids is 1. The molecule has 0 saturated heterocycles. The van der Waals surface area contributed by atoms with E-state index in [0.717, 1.165) is 30.6 Å². The Balaban J connectivity index is 2.20. The SMILES string of the molecule is O=C(O)CC1CCCc2oncc21. The minimum atomic E-state index is -0.751. The molecule has 1 N–H and O–H groups in total. The van der Waals surface area contributed by atoms with Crippen LogP contribution in [0.15, 0.2) is 10.7 Å². The maximum Gasteiger partial charge on any atom is 0.303 e. The number of rotatable bonds is 2. The normalized spacial score (nSPS) is 21.1. The van der Waals surface area contributed by atoms with Crippen LogP contribution in [0.4, 0.5) is 0 Å². The molecule has 1 aliphatic rings. The van der Waals surface area contributed by atoms with Crippen molar-refractivity contribution in [2.24, 2.45) is 0 Å². The second-order valence-electron chi connectivity index (χ2n) is 3.39. The number of aryl methyl sites for hydroxylation is 1. The van der Waals surface area contributed by atoms with Gasteiger partial charge in [0.25, 0.3) is 0 Å². The van der Waals surface area contributed by atoms with E-state index < -0.39 is 5.97 Å². The molecule has 0 bridgehead atoms. The summed E-state index contributed by atoms with van der Waals surface area (Å²) in [6.07, 6.45) is 4.67. The van der Waals surface area contributed by atoms with Crippen LogP contribution in [-0.2, 0) is 11.2 Å². The van der Waals surface area contributed by atoms with Crippen molar-refractivity contribution in [3.8, 4) is 0 Å². The molecule has 1 aliphatic carbocycles. The molecule has 0 fully saturated rings. The fraction of sp³-hybridized carbons (Fsp3) is 0.556. The molecular weight excluding hydrogens is 170 g/mol. The van der Waals surface area contributed by atoms with Crippen LogP contribution in [0.5, 0.6) is 0 Å². The summed E-state index contributed by atoms with van der Waals surface area (Å²) in [4.78, 5) is 10.5. The number of carbonyl (C=O) groups is 1. The molecule has 0 saturated carbocycles. The van der Waals surface area contributed by atoms with Crippen molar-refractivity contribution < 1.29 is 14.4 Å². The summed E-state index contributed by atoms with van der Waals surface area (Å²) in [6, 6.07) is 0. The molecular formula is C9H11NO3. The van der Waals surface area contributed by atoms with Crippen LogP contribution in [0.1, 0.15) is 36.5 Å². The van der Waals surface area contributed by atoms with Gasteiger partial charge in [-0.1, -0.05) is 5.16 Å². The Kier molecular flexibility index (Phi) is 2.04. The van der Waals surface area contributed by atoms with Gasteiger partial charge in [0, 0.05) is 12.0 Å². The topological polar surface area (TPSA) is 63.3 Å². The Morgan fingerprint density at radius 2 is 2.62 bits per heavy atom. The Labute approximate surface area is 75.5 Å². The molecule has 70 valence electrons. The molecule has 0 amide bonds. The Hall–Kier alpha value is -1.32. The average molecular weight is 181 g/mol. The number of aromatic nitrogens is 1. The summed E-state index contributed by atoms with van der Waals surface area (Å²) in [6.45, 7) is 0. The van der Waals surface area contributed by atoms with Gasteiger partial charge in [-0.15, -0.1) is 0 Å². The van der Waals surface area contributed by atoms with Gasteiger partial charge in [0.2, 0.25) is 0 Å². The smallest absolute Gasteiger partial charge is 0.303 e. The van der Waals surface area contributed by atoms with E-state index in [2.05, 4.69) is 5.16 Å². The van der Waals surface area contributed by atoms with E-state index in [1.165, 1.54) is 0 Å². The predicted molar refractivity (Wildman–Crippen MR) is 44.4 cm³/mol. The monoisotopic (exact) mass is 181 g/mol. The number of hydrogen-bond acceptors (Lipinski definition) is 3. The third kappa shape index (κ3) is 1.56. The van der Waals surface area contributed by atoms with Gasteiger partial charge < -0.3 is 9.63 Å². The molecule has 0 aromatic carbocycles. The van der Waals surface area contributed by atoms with Crippen molar-refractivity contribution >= 4 is 5.97 Å². The lowest BCUT2D eigenvalue weighted by atomic mass is 9.85. The zero-order valence-electron chi connectivity index (χ0n) is 7.19. The van der Waals surface area contributed by atoms with Gasteiger partial charge in [0.05, 0.1) is 12.6 Å². The van der Waals surface area contributed by atoms with Crippen LogP contribution in [0, 0.1) is 0 Å². The second-order valence-corrected chi connectivity index (χ2v) is 3.39. The highest BCUT2D eigenvalue weighted by atomic mass is 16.5. The highest BCUT2D eigenvalue weighted by molar-refractivity contribution is 5.68. The van der Waals surface area contributed by atoms with Crippen molar-refractivity contribution in [3.05, 3.63) is 17.5 Å². The van der Waals surface area contributed by atoms with Gasteiger partial charge >= 0.3 is 5.97 Å². The van der Waals surface area contributed by atoms with Gasteiger partial charge in [-0.25, -0.2) is 0 Å². The molecule has 1 atom stereocenters. The number of hydrogen-bond donors (Lipinski definition) is 1. The summed E-state index contributed by atoms with van der Waals surface area (Å²) in [5, 5.41) is 12.4. The van der Waals surface area contributed by atoms with Crippen LogP contribution in [0.25, 0.3) is 0 Å². The fourth-order valence-corrected chi connectivity index (χ4v) is 1.88. The molecule has 0 aliphatic heterocycles. The zero-order chi connectivity index (χ0) is 9.26. The van der Waals surface area contributed by atoms with Crippen molar-refractivity contribution in [3.63, 3.8) is 0 Å². The van der Waals surface area contributed by atoms with Crippen molar-refractivity contribution in [1.29, 1.82) is 0 Å². The largest absolute Gasteiger partial charge is 0.481 e. The molecule has 1 unspecified atom stereocenters. The lowest BCUT2D eigenvalue weighted by Crippen LogP contribution is -2.11. The van der Waals surface area contributed by atoms with Crippen LogP contribution in [0.2, 0.25) is 0 Å². The minimum Gasteiger partial charge on any atom is -0.481 e. The number of carboxylic acid groups (broad SMARTS) is 1. The van der Waals surface area contributed by atoms with Crippen LogP contribution in [0.3, 0.4) is 0 Å². The summed E-state index contributed by atoms with van der Waals surface area (Å²) < 4.78 is 5.02. The maximum absolute atomic E-state index is 10.5. The first-order chi connectivity index (χ1) is 6.27. The molecule has 13 heavy (non-hydrogen) atoms. The summed E-state index contributed by atoms with van der Waals surface area (Å²) in [5.74, 6) is 0.226. The molecule has 0 radical (unpaired) electrons. The fourth-order valence-electron chi connectivity index (χ4n) is 1.88. The van der Waals surface area contributed by atoms with Crippen molar-refractivity contribution in [1.82, 2.24) is 5.16 Å². The summed E-state index contributed by atoms with van der Waals surface area (Å²) in [5.41, 5.74) is 0.994. The highest BCUT2D eigenvalue weighted by Crippen LogP contribution is 2.33. The van der Waals surface area contributed by atoms with E-state index in [0.29, 0.717) is 0 Å². The third-order valence-electron chi connectivity index (χ3n) is 2.49. The Morgan fingerprint density at radius 3 is 3.38 bits per heavy atom. The number of aliphatic carboxylic acids is 1. The molecule has 0 spiro atoms. The molecule has 4 nitrogen and oxygen atoms in total. The average Bonchev–Trinajstić information content (AvgIpc) is 2.51. The van der Waals surface area contributed by atoms with Crippen LogP contribution >= 0.6 is 0 Å².